The standard InChI is InChI=1S/C16H22/c1-12-8-7-9-15(14(12)3)11-10-13(2)16(4,5)6/h7-11H,3H2,1-2,4-6H3/b13-10+,15-11-. The Morgan fingerprint density at radius 3 is 2.44 bits per heavy atom. The van der Waals surface area contributed by atoms with Gasteiger partial charge in [0.05, 0.1) is 0 Å². The number of benzene rings is 1. The first kappa shape index (κ1) is 12.8. The van der Waals surface area contributed by atoms with Gasteiger partial charge in [-0.2, -0.15) is 0 Å². The van der Waals surface area contributed by atoms with Gasteiger partial charge in [-0.05, 0) is 35.3 Å². The van der Waals surface area contributed by atoms with Crippen molar-refractivity contribution >= 4 is 12.7 Å². The van der Waals surface area contributed by atoms with Crippen LogP contribution in [0, 0.1) is 12.3 Å². The highest BCUT2D eigenvalue weighted by molar-refractivity contribution is 5.42. The lowest BCUT2D eigenvalue weighted by atomic mass is 9.87. The number of aryl methyl sites for hydroxylation is 1. The molecule has 0 heterocycles. The monoisotopic (exact) mass is 214 g/mol. The molecule has 0 radical (unpaired) electrons. The second-order valence-electron chi connectivity index (χ2n) is 5.41. The van der Waals surface area contributed by atoms with Crippen molar-refractivity contribution in [2.45, 2.75) is 34.6 Å². The molecule has 0 amide bonds. The van der Waals surface area contributed by atoms with Crippen molar-refractivity contribution in [1.29, 1.82) is 0 Å². The van der Waals surface area contributed by atoms with Crippen molar-refractivity contribution in [2.75, 3.05) is 0 Å². The van der Waals surface area contributed by atoms with Gasteiger partial charge < -0.3 is 0 Å². The average Bonchev–Trinajstić information content (AvgIpc) is 2.18. The molecule has 0 fully saturated rings. The smallest absolute Gasteiger partial charge is 0.0173 e. The SMILES string of the molecule is C=c1c(C)ccc/c1=C/C=C(\C)C(C)(C)C. The molecule has 0 aliphatic carbocycles. The number of hydrogen-bond acceptors (Lipinski definition) is 0. The van der Waals surface area contributed by atoms with Crippen molar-refractivity contribution in [2.24, 2.45) is 5.41 Å². The van der Waals surface area contributed by atoms with Gasteiger partial charge in [-0.3, -0.25) is 0 Å². The second-order valence-corrected chi connectivity index (χ2v) is 5.41. The molecule has 16 heavy (non-hydrogen) atoms. The summed E-state index contributed by atoms with van der Waals surface area (Å²) in [7, 11) is 0. The van der Waals surface area contributed by atoms with E-state index in [0.29, 0.717) is 0 Å². The Hall–Kier alpha value is -1.30. The summed E-state index contributed by atoms with van der Waals surface area (Å²) in [5, 5.41) is 2.34. The van der Waals surface area contributed by atoms with E-state index in [0.717, 1.165) is 5.22 Å². The minimum absolute atomic E-state index is 0.238. The van der Waals surface area contributed by atoms with E-state index in [2.05, 4.69) is 71.5 Å². The molecule has 0 aliphatic heterocycles. The Morgan fingerprint density at radius 2 is 1.88 bits per heavy atom. The van der Waals surface area contributed by atoms with Gasteiger partial charge >= 0.3 is 0 Å². The summed E-state index contributed by atoms with van der Waals surface area (Å²) >= 11 is 0. The van der Waals surface area contributed by atoms with Crippen LogP contribution < -0.4 is 10.4 Å². The van der Waals surface area contributed by atoms with Crippen molar-refractivity contribution in [3.05, 3.63) is 45.8 Å². The number of allylic oxidation sites excluding steroid dienone is 2. The van der Waals surface area contributed by atoms with Crippen molar-refractivity contribution in [1.82, 2.24) is 0 Å². The van der Waals surface area contributed by atoms with Crippen LogP contribution in [0.3, 0.4) is 0 Å². The van der Waals surface area contributed by atoms with E-state index >= 15 is 0 Å². The summed E-state index contributed by atoms with van der Waals surface area (Å²) in [5.74, 6) is 0. The maximum atomic E-state index is 4.10. The lowest BCUT2D eigenvalue weighted by Crippen LogP contribution is -2.24. The normalized spacial score (nSPS) is 14.3. The largest absolute Gasteiger partial charge is 0.0909 e. The van der Waals surface area contributed by atoms with Crippen LogP contribution in [0.2, 0.25) is 0 Å². The summed E-state index contributed by atoms with van der Waals surface area (Å²) < 4.78 is 0. The van der Waals surface area contributed by atoms with Crippen LogP contribution in [-0.2, 0) is 0 Å². The van der Waals surface area contributed by atoms with Crippen LogP contribution in [0.1, 0.15) is 33.3 Å². The first-order valence-corrected chi connectivity index (χ1v) is 5.76. The molecule has 0 spiro atoms. The highest BCUT2D eigenvalue weighted by Gasteiger charge is 2.10. The summed E-state index contributed by atoms with van der Waals surface area (Å²) in [6.45, 7) is 15.1. The van der Waals surface area contributed by atoms with Crippen LogP contribution in [0.4, 0.5) is 0 Å². The van der Waals surface area contributed by atoms with Crippen LogP contribution in [0.5, 0.6) is 0 Å². The fourth-order valence-electron chi connectivity index (χ4n) is 1.35. The molecule has 0 aliphatic rings. The first-order chi connectivity index (χ1) is 7.32. The van der Waals surface area contributed by atoms with E-state index in [9.17, 15) is 0 Å². The second kappa shape index (κ2) is 4.69. The first-order valence-electron chi connectivity index (χ1n) is 5.76. The topological polar surface area (TPSA) is 0 Å². The molecule has 86 valence electrons. The zero-order valence-electron chi connectivity index (χ0n) is 11.1. The fraction of sp³-hybridized carbons (Fsp3) is 0.375. The summed E-state index contributed by atoms with van der Waals surface area (Å²) in [6, 6.07) is 6.29. The number of rotatable bonds is 1. The van der Waals surface area contributed by atoms with Crippen molar-refractivity contribution in [3.63, 3.8) is 0 Å². The van der Waals surface area contributed by atoms with Crippen molar-refractivity contribution in [3.8, 4) is 0 Å². The van der Waals surface area contributed by atoms with Crippen LogP contribution in [0.15, 0.2) is 29.8 Å². The fourth-order valence-corrected chi connectivity index (χ4v) is 1.35. The maximum absolute atomic E-state index is 4.10. The quantitative estimate of drug-likeness (QED) is 0.673. The van der Waals surface area contributed by atoms with Gasteiger partial charge in [0.2, 0.25) is 0 Å². The summed E-state index contributed by atoms with van der Waals surface area (Å²) in [5.41, 5.74) is 2.87. The van der Waals surface area contributed by atoms with Gasteiger partial charge in [-0.1, -0.05) is 63.3 Å². The van der Waals surface area contributed by atoms with E-state index in [1.54, 1.807) is 0 Å². The van der Waals surface area contributed by atoms with Gasteiger partial charge in [0.25, 0.3) is 0 Å². The molecule has 0 heteroatoms. The molecule has 0 unspecified atom stereocenters. The molecular weight excluding hydrogens is 192 g/mol. The van der Waals surface area contributed by atoms with Gasteiger partial charge in [0.15, 0.2) is 0 Å². The molecule has 0 aromatic heterocycles. The molecule has 0 saturated heterocycles. The third-order valence-corrected chi connectivity index (χ3v) is 3.14. The molecule has 0 atom stereocenters. The minimum Gasteiger partial charge on any atom is -0.0909 e. The third kappa shape index (κ3) is 3.10. The molecule has 1 rings (SSSR count). The zero-order valence-corrected chi connectivity index (χ0v) is 11.1. The molecule has 0 saturated carbocycles. The van der Waals surface area contributed by atoms with Gasteiger partial charge in [-0.25, -0.2) is 0 Å². The van der Waals surface area contributed by atoms with Gasteiger partial charge in [0, 0.05) is 0 Å². The van der Waals surface area contributed by atoms with Gasteiger partial charge in [-0.15, -0.1) is 0 Å². The predicted octanol–water partition coefficient (Wildman–Crippen LogP) is 3.18. The van der Waals surface area contributed by atoms with E-state index in [-0.39, 0.29) is 5.41 Å². The summed E-state index contributed by atoms with van der Waals surface area (Å²) in [6.07, 6.45) is 4.36. The van der Waals surface area contributed by atoms with E-state index in [1.165, 1.54) is 16.4 Å². The highest BCUT2D eigenvalue weighted by Crippen LogP contribution is 2.23. The average molecular weight is 214 g/mol. The molecule has 0 N–H and O–H groups in total. The Kier molecular flexibility index (Phi) is 3.74. The molecule has 0 bridgehead atoms. The van der Waals surface area contributed by atoms with Crippen molar-refractivity contribution < 1.29 is 0 Å². The van der Waals surface area contributed by atoms with Crippen LogP contribution in [-0.4, -0.2) is 0 Å². The van der Waals surface area contributed by atoms with E-state index in [1.807, 2.05) is 0 Å². The predicted molar refractivity (Wildman–Crippen MR) is 73.6 cm³/mol. The van der Waals surface area contributed by atoms with E-state index in [4.69, 9.17) is 0 Å². The van der Waals surface area contributed by atoms with Crippen LogP contribution >= 0.6 is 0 Å². The lowest BCUT2D eigenvalue weighted by molar-refractivity contribution is 0.504. The molecule has 1 aromatic carbocycles. The molecule has 1 aromatic rings. The Bertz CT molecular complexity index is 496. The van der Waals surface area contributed by atoms with Gasteiger partial charge in [0.1, 0.15) is 0 Å². The summed E-state index contributed by atoms with van der Waals surface area (Å²) in [4.78, 5) is 0. The lowest BCUT2D eigenvalue weighted by Gasteiger charge is -2.18. The Morgan fingerprint density at radius 1 is 1.25 bits per heavy atom. The Labute approximate surface area is 99.0 Å². The third-order valence-electron chi connectivity index (χ3n) is 3.14. The highest BCUT2D eigenvalue weighted by atomic mass is 14.2. The zero-order chi connectivity index (χ0) is 12.3. The molecular formula is C16H22. The molecule has 0 nitrogen and oxygen atoms in total. The Balaban J connectivity index is 3.22. The number of hydrogen-bond donors (Lipinski definition) is 0. The van der Waals surface area contributed by atoms with E-state index < -0.39 is 0 Å². The minimum atomic E-state index is 0.238. The van der Waals surface area contributed by atoms with Crippen LogP contribution in [0.25, 0.3) is 12.7 Å². The maximum Gasteiger partial charge on any atom is -0.0173 e.